The fraction of sp³-hybridized carbons (Fsp3) is 0.500. The van der Waals surface area contributed by atoms with Gasteiger partial charge in [0.25, 0.3) is 5.91 Å². The van der Waals surface area contributed by atoms with Gasteiger partial charge in [-0.3, -0.25) is 9.59 Å². The van der Waals surface area contributed by atoms with Crippen LogP contribution in [0.25, 0.3) is 0 Å². The van der Waals surface area contributed by atoms with Gasteiger partial charge >= 0.3 is 0 Å². The van der Waals surface area contributed by atoms with E-state index in [4.69, 9.17) is 11.6 Å². The number of nitrogens with zero attached hydrogens (tertiary/aromatic N) is 1. The Kier molecular flexibility index (Phi) is 4.27. The van der Waals surface area contributed by atoms with Crippen LogP contribution in [0.3, 0.4) is 0 Å². The highest BCUT2D eigenvalue weighted by Crippen LogP contribution is 2.24. The van der Waals surface area contributed by atoms with Crippen LogP contribution in [0.15, 0.2) is 24.3 Å². The number of carbonyl (C=O) groups is 2. The first-order valence-corrected chi connectivity index (χ1v) is 8.00. The number of quaternary nitrogens is 1. The Bertz CT molecular complexity index is 538. The molecule has 112 valence electrons. The summed E-state index contributed by atoms with van der Waals surface area (Å²) in [6.45, 7) is 0. The minimum atomic E-state index is -0.253. The molecule has 21 heavy (non-hydrogen) atoms. The standard InChI is InChI=1S/C16H19ClN2O2/c17-11-6-8-13(9-7-11)19-15(20)10-14(16(19)21)18-12-4-2-1-3-5-12/h6-9,12,14,18H,1-5,10H2/p+1. The molecular formula is C16H20ClN2O2+. The van der Waals surface area contributed by atoms with Crippen LogP contribution < -0.4 is 10.2 Å². The molecule has 2 fully saturated rings. The molecule has 0 aromatic heterocycles. The molecular weight excluding hydrogens is 288 g/mol. The highest BCUT2D eigenvalue weighted by molar-refractivity contribution is 6.30. The third-order valence-corrected chi connectivity index (χ3v) is 4.67. The zero-order valence-corrected chi connectivity index (χ0v) is 12.7. The second-order valence-electron chi connectivity index (χ2n) is 5.94. The van der Waals surface area contributed by atoms with Crippen LogP contribution >= 0.6 is 11.6 Å². The highest BCUT2D eigenvalue weighted by Gasteiger charge is 2.43. The number of hydrogen-bond donors (Lipinski definition) is 1. The largest absolute Gasteiger partial charge is 0.333 e. The van der Waals surface area contributed by atoms with E-state index in [-0.39, 0.29) is 17.9 Å². The first-order valence-electron chi connectivity index (χ1n) is 7.62. The molecule has 2 amide bonds. The highest BCUT2D eigenvalue weighted by atomic mass is 35.5. The Labute approximate surface area is 129 Å². The molecule has 3 rings (SSSR count). The third-order valence-electron chi connectivity index (χ3n) is 4.42. The summed E-state index contributed by atoms with van der Waals surface area (Å²) in [7, 11) is 0. The molecule has 0 spiro atoms. The number of hydrogen-bond acceptors (Lipinski definition) is 2. The van der Waals surface area contributed by atoms with Crippen molar-refractivity contribution in [2.45, 2.75) is 50.6 Å². The van der Waals surface area contributed by atoms with E-state index in [0.29, 0.717) is 23.2 Å². The van der Waals surface area contributed by atoms with Crippen molar-refractivity contribution in [3.63, 3.8) is 0 Å². The van der Waals surface area contributed by atoms with Crippen LogP contribution in [0, 0.1) is 0 Å². The van der Waals surface area contributed by atoms with Crippen molar-refractivity contribution in [3.8, 4) is 0 Å². The Balaban J connectivity index is 1.71. The predicted octanol–water partition coefficient (Wildman–Crippen LogP) is 1.87. The number of rotatable bonds is 3. The molecule has 1 atom stereocenters. The lowest BCUT2D eigenvalue weighted by Gasteiger charge is -2.22. The van der Waals surface area contributed by atoms with Gasteiger partial charge in [-0.25, -0.2) is 4.90 Å². The Morgan fingerprint density at radius 2 is 1.71 bits per heavy atom. The summed E-state index contributed by atoms with van der Waals surface area (Å²) >= 11 is 5.85. The van der Waals surface area contributed by atoms with Gasteiger partial charge in [-0.2, -0.15) is 0 Å². The van der Waals surface area contributed by atoms with E-state index in [9.17, 15) is 9.59 Å². The molecule has 5 heteroatoms. The Morgan fingerprint density at radius 1 is 1.05 bits per heavy atom. The van der Waals surface area contributed by atoms with Crippen molar-refractivity contribution >= 4 is 29.1 Å². The number of halogens is 1. The van der Waals surface area contributed by atoms with Gasteiger partial charge in [0, 0.05) is 5.02 Å². The molecule has 1 aliphatic heterocycles. The zero-order chi connectivity index (χ0) is 14.8. The average molecular weight is 308 g/mol. The van der Waals surface area contributed by atoms with Crippen molar-refractivity contribution in [3.05, 3.63) is 29.3 Å². The maximum absolute atomic E-state index is 12.5. The van der Waals surface area contributed by atoms with Gasteiger partial charge in [-0.1, -0.05) is 18.0 Å². The van der Waals surface area contributed by atoms with Gasteiger partial charge in [0.2, 0.25) is 5.91 Å². The molecule has 2 N–H and O–H groups in total. The fourth-order valence-corrected chi connectivity index (χ4v) is 3.45. The van der Waals surface area contributed by atoms with Crippen LogP contribution in [0.2, 0.25) is 5.02 Å². The maximum atomic E-state index is 12.5. The second-order valence-corrected chi connectivity index (χ2v) is 6.38. The SMILES string of the molecule is O=C1CC([NH2+]C2CCCCC2)C(=O)N1c1ccc(Cl)cc1. The number of benzene rings is 1. The molecule has 2 aliphatic rings. The van der Waals surface area contributed by atoms with Crippen LogP contribution in [-0.4, -0.2) is 23.9 Å². The van der Waals surface area contributed by atoms with Crippen molar-refractivity contribution < 1.29 is 14.9 Å². The van der Waals surface area contributed by atoms with Gasteiger partial charge in [-0.05, 0) is 49.9 Å². The third kappa shape index (κ3) is 3.11. The molecule has 1 aromatic rings. The van der Waals surface area contributed by atoms with E-state index in [1.807, 2.05) is 0 Å². The normalized spacial score (nSPS) is 23.9. The van der Waals surface area contributed by atoms with Crippen molar-refractivity contribution in [1.82, 2.24) is 0 Å². The second kappa shape index (κ2) is 6.16. The maximum Gasteiger partial charge on any atom is 0.292 e. The molecule has 1 unspecified atom stereocenters. The lowest BCUT2D eigenvalue weighted by molar-refractivity contribution is -0.710. The molecule has 1 saturated carbocycles. The minimum Gasteiger partial charge on any atom is -0.333 e. The topological polar surface area (TPSA) is 54.0 Å². The van der Waals surface area contributed by atoms with Crippen molar-refractivity contribution in [2.75, 3.05) is 4.90 Å². The van der Waals surface area contributed by atoms with Gasteiger partial charge in [-0.15, -0.1) is 0 Å². The van der Waals surface area contributed by atoms with Crippen molar-refractivity contribution in [2.24, 2.45) is 0 Å². The van der Waals surface area contributed by atoms with Crippen molar-refractivity contribution in [1.29, 1.82) is 0 Å². The number of amides is 2. The van der Waals surface area contributed by atoms with E-state index < -0.39 is 0 Å². The lowest BCUT2D eigenvalue weighted by atomic mass is 9.95. The monoisotopic (exact) mass is 307 g/mol. The minimum absolute atomic E-state index is 0.0899. The summed E-state index contributed by atoms with van der Waals surface area (Å²) in [6.07, 6.45) is 6.36. The van der Waals surface area contributed by atoms with Gasteiger partial charge < -0.3 is 5.32 Å². The van der Waals surface area contributed by atoms with Crippen LogP contribution in [0.1, 0.15) is 38.5 Å². The fourth-order valence-electron chi connectivity index (χ4n) is 3.32. The smallest absolute Gasteiger partial charge is 0.292 e. The average Bonchev–Trinajstić information content (AvgIpc) is 2.76. The first-order chi connectivity index (χ1) is 10.1. The van der Waals surface area contributed by atoms with Crippen LogP contribution in [0.5, 0.6) is 0 Å². The number of nitrogens with two attached hydrogens (primary N) is 1. The summed E-state index contributed by atoms with van der Waals surface area (Å²) in [6, 6.07) is 7.09. The lowest BCUT2D eigenvalue weighted by Crippen LogP contribution is -2.96. The first kappa shape index (κ1) is 14.5. The van der Waals surface area contributed by atoms with E-state index in [2.05, 4.69) is 5.32 Å². The quantitative estimate of drug-likeness (QED) is 0.867. The van der Waals surface area contributed by atoms with Gasteiger partial charge in [0.15, 0.2) is 6.04 Å². The van der Waals surface area contributed by atoms with Gasteiger partial charge in [0.05, 0.1) is 18.2 Å². The zero-order valence-electron chi connectivity index (χ0n) is 11.9. The summed E-state index contributed by atoms with van der Waals surface area (Å²) in [5.41, 5.74) is 0.619. The molecule has 4 nitrogen and oxygen atoms in total. The van der Waals surface area contributed by atoms with Crippen LogP contribution in [-0.2, 0) is 9.59 Å². The number of anilines is 1. The summed E-state index contributed by atoms with van der Waals surface area (Å²) in [5, 5.41) is 2.72. The summed E-state index contributed by atoms with van der Waals surface area (Å²) in [4.78, 5) is 26.0. The Hall–Kier alpha value is -1.39. The van der Waals surface area contributed by atoms with E-state index in [0.717, 1.165) is 12.8 Å². The molecule has 1 aliphatic carbocycles. The van der Waals surface area contributed by atoms with Gasteiger partial charge in [0.1, 0.15) is 0 Å². The molecule has 1 saturated heterocycles. The summed E-state index contributed by atoms with van der Waals surface area (Å²) < 4.78 is 0. The summed E-state index contributed by atoms with van der Waals surface area (Å²) in [5.74, 6) is -0.202. The molecule has 1 aromatic carbocycles. The number of imide groups is 1. The molecule has 1 heterocycles. The molecule has 0 radical (unpaired) electrons. The van der Waals surface area contributed by atoms with Crippen LogP contribution in [0.4, 0.5) is 5.69 Å². The Morgan fingerprint density at radius 3 is 2.38 bits per heavy atom. The number of carbonyl (C=O) groups excluding carboxylic acids is 2. The molecule has 0 bridgehead atoms. The predicted molar refractivity (Wildman–Crippen MR) is 81.1 cm³/mol. The van der Waals surface area contributed by atoms with E-state index >= 15 is 0 Å². The van der Waals surface area contributed by atoms with E-state index in [1.54, 1.807) is 24.3 Å². The van der Waals surface area contributed by atoms with E-state index in [1.165, 1.54) is 24.2 Å².